The molecule has 1 amide bonds. The average molecular weight is 469 g/mol. The number of aromatic nitrogens is 2. The number of amides is 1. The van der Waals surface area contributed by atoms with Gasteiger partial charge in [0.2, 0.25) is 5.88 Å². The van der Waals surface area contributed by atoms with Crippen molar-refractivity contribution in [1.29, 1.82) is 0 Å². The number of fused-ring (bicyclic) bond motifs is 2. The van der Waals surface area contributed by atoms with E-state index in [1.165, 1.54) is 4.90 Å². The van der Waals surface area contributed by atoms with Gasteiger partial charge in [0.05, 0.1) is 25.4 Å². The third-order valence-electron chi connectivity index (χ3n) is 5.51. The lowest BCUT2D eigenvalue weighted by Gasteiger charge is -2.51. The zero-order valence-electron chi connectivity index (χ0n) is 17.6. The molecule has 1 saturated heterocycles. The summed E-state index contributed by atoms with van der Waals surface area (Å²) in [6.07, 6.45) is 0.967. The Morgan fingerprint density at radius 2 is 2.12 bits per heavy atom. The van der Waals surface area contributed by atoms with Crippen molar-refractivity contribution in [2.75, 3.05) is 25.0 Å². The Bertz CT molecular complexity index is 1180. The van der Waals surface area contributed by atoms with Crippen LogP contribution in [0.25, 0.3) is 0 Å². The summed E-state index contributed by atoms with van der Waals surface area (Å²) in [6.45, 7) is 0.605. The number of carbonyl (C=O) groups is 1. The van der Waals surface area contributed by atoms with Gasteiger partial charge in [0.25, 0.3) is 0 Å². The van der Waals surface area contributed by atoms with Crippen LogP contribution < -0.4 is 18.9 Å². The second-order valence-corrected chi connectivity index (χ2v) is 8.30. The van der Waals surface area contributed by atoms with Crippen molar-refractivity contribution in [1.82, 2.24) is 19.8 Å². The van der Waals surface area contributed by atoms with Crippen molar-refractivity contribution in [2.24, 2.45) is 0 Å². The monoisotopic (exact) mass is 469 g/mol. The molecule has 11 heteroatoms. The van der Waals surface area contributed by atoms with Gasteiger partial charge >= 0.3 is 6.09 Å². The molecule has 0 bridgehead atoms. The first-order valence-corrected chi connectivity index (χ1v) is 11.0. The first-order chi connectivity index (χ1) is 16.1. The smallest absolute Gasteiger partial charge is 0.416 e. The molecule has 9 nitrogen and oxygen atoms in total. The molecule has 2 aromatic carbocycles. The largest absolute Gasteiger partial charge is 0.437 e. The Balaban J connectivity index is 1.44. The number of hydrogen-bond acceptors (Lipinski definition) is 9. The highest BCUT2D eigenvalue weighted by Gasteiger charge is 2.53. The molecule has 0 aliphatic carbocycles. The minimum absolute atomic E-state index is 0.0328. The summed E-state index contributed by atoms with van der Waals surface area (Å²) in [5.41, 5.74) is 0.722. The molecule has 3 aromatic rings. The van der Waals surface area contributed by atoms with Crippen molar-refractivity contribution >= 4 is 23.9 Å². The summed E-state index contributed by atoms with van der Waals surface area (Å²) in [5, 5.41) is 7.68. The van der Waals surface area contributed by atoms with E-state index in [2.05, 4.69) is 19.6 Å². The number of rotatable bonds is 7. The topological polar surface area (TPSA) is 97.8 Å². The molecule has 1 spiro atoms. The SMILES string of the molecule is CNSNc1cccc(CN2C(=O)Oc3cc(Oc4cccnn4)ccc3C23COC3)c1F. The van der Waals surface area contributed by atoms with E-state index < -0.39 is 17.4 Å². The summed E-state index contributed by atoms with van der Waals surface area (Å²) in [5.74, 6) is 0.727. The van der Waals surface area contributed by atoms with Gasteiger partial charge in [-0.1, -0.05) is 12.1 Å². The number of hydrogen-bond donors (Lipinski definition) is 2. The van der Waals surface area contributed by atoms with Crippen LogP contribution >= 0.6 is 12.1 Å². The second kappa shape index (κ2) is 8.85. The molecular formula is C22H20FN5O4S. The minimum Gasteiger partial charge on any atom is -0.437 e. The standard InChI is InChI=1S/C22H20FN5O4S/c1-24-33-27-17-5-2-4-14(20(17)23)11-28-21(29)32-18-10-15(31-19-6-3-9-25-26-19)7-8-16(18)22(28)12-30-13-22/h2-10,24,27H,11-13H2,1H3. The van der Waals surface area contributed by atoms with Crippen LogP contribution in [0.1, 0.15) is 11.1 Å². The second-order valence-electron chi connectivity index (χ2n) is 7.49. The van der Waals surface area contributed by atoms with Gasteiger partial charge in [-0.2, -0.15) is 5.10 Å². The number of ether oxygens (including phenoxy) is 3. The summed E-state index contributed by atoms with van der Waals surface area (Å²) in [6, 6.07) is 13.6. The number of nitrogens with one attached hydrogen (secondary N) is 2. The van der Waals surface area contributed by atoms with Crippen molar-refractivity contribution in [3.63, 3.8) is 0 Å². The normalized spacial score (nSPS) is 16.1. The van der Waals surface area contributed by atoms with E-state index in [0.29, 0.717) is 28.6 Å². The fourth-order valence-electron chi connectivity index (χ4n) is 3.85. The molecule has 3 heterocycles. The average Bonchev–Trinajstić information content (AvgIpc) is 2.79. The van der Waals surface area contributed by atoms with Gasteiger partial charge in [0.15, 0.2) is 5.82 Å². The lowest BCUT2D eigenvalue weighted by molar-refractivity contribution is -0.143. The number of anilines is 1. The summed E-state index contributed by atoms with van der Waals surface area (Å²) in [7, 11) is 1.73. The third kappa shape index (κ3) is 3.94. The summed E-state index contributed by atoms with van der Waals surface area (Å²) < 4.78 is 37.6. The highest BCUT2D eigenvalue weighted by atomic mass is 32.2. The molecule has 2 aliphatic rings. The highest BCUT2D eigenvalue weighted by molar-refractivity contribution is 7.98. The Morgan fingerprint density at radius 1 is 1.24 bits per heavy atom. The maximum absolute atomic E-state index is 15.1. The molecule has 0 unspecified atom stereocenters. The molecule has 0 atom stereocenters. The molecule has 5 rings (SSSR count). The molecule has 170 valence electrons. The van der Waals surface area contributed by atoms with Gasteiger partial charge in [-0.3, -0.25) is 4.90 Å². The Morgan fingerprint density at radius 3 is 2.85 bits per heavy atom. The highest BCUT2D eigenvalue weighted by Crippen LogP contribution is 2.47. The van der Waals surface area contributed by atoms with E-state index in [0.717, 1.165) is 17.7 Å². The van der Waals surface area contributed by atoms with E-state index in [-0.39, 0.29) is 19.8 Å². The Labute approximate surface area is 193 Å². The van der Waals surface area contributed by atoms with Crippen LogP contribution in [0.3, 0.4) is 0 Å². The van der Waals surface area contributed by atoms with Crippen molar-refractivity contribution in [3.05, 3.63) is 71.7 Å². The van der Waals surface area contributed by atoms with E-state index in [1.807, 2.05) is 6.07 Å². The first kappa shape index (κ1) is 21.4. The van der Waals surface area contributed by atoms with Crippen molar-refractivity contribution in [3.8, 4) is 17.4 Å². The molecule has 33 heavy (non-hydrogen) atoms. The van der Waals surface area contributed by atoms with E-state index in [1.54, 1.807) is 55.7 Å². The van der Waals surface area contributed by atoms with Gasteiger partial charge in [-0.25, -0.2) is 13.9 Å². The maximum atomic E-state index is 15.1. The lowest BCUT2D eigenvalue weighted by Crippen LogP contribution is -2.63. The quantitative estimate of drug-likeness (QED) is 0.500. The minimum atomic E-state index is -0.745. The van der Waals surface area contributed by atoms with Crippen molar-refractivity contribution < 1.29 is 23.4 Å². The zero-order valence-corrected chi connectivity index (χ0v) is 18.4. The fourth-order valence-corrected chi connectivity index (χ4v) is 4.22. The van der Waals surface area contributed by atoms with Crippen LogP contribution in [-0.2, 0) is 16.8 Å². The van der Waals surface area contributed by atoms with Crippen LogP contribution in [0, 0.1) is 5.82 Å². The fraction of sp³-hybridized carbons (Fsp3) is 0.227. The lowest BCUT2D eigenvalue weighted by atomic mass is 9.84. The van der Waals surface area contributed by atoms with E-state index in [4.69, 9.17) is 14.2 Å². The molecule has 0 saturated carbocycles. The number of carbonyl (C=O) groups excluding carboxylic acids is 1. The van der Waals surface area contributed by atoms with E-state index >= 15 is 4.39 Å². The van der Waals surface area contributed by atoms with Crippen LogP contribution in [0.15, 0.2) is 54.7 Å². The van der Waals surface area contributed by atoms with Crippen LogP contribution in [0.2, 0.25) is 0 Å². The molecule has 2 N–H and O–H groups in total. The number of halogens is 1. The predicted octanol–water partition coefficient (Wildman–Crippen LogP) is 3.84. The third-order valence-corrected chi connectivity index (χ3v) is 6.04. The van der Waals surface area contributed by atoms with Gasteiger partial charge < -0.3 is 18.9 Å². The number of benzene rings is 2. The molecule has 1 fully saturated rings. The zero-order chi connectivity index (χ0) is 22.8. The summed E-state index contributed by atoms with van der Waals surface area (Å²) in [4.78, 5) is 14.6. The van der Waals surface area contributed by atoms with Crippen LogP contribution in [0.5, 0.6) is 17.4 Å². The van der Waals surface area contributed by atoms with Gasteiger partial charge in [-0.05, 0) is 31.3 Å². The molecular weight excluding hydrogens is 449 g/mol. The predicted molar refractivity (Wildman–Crippen MR) is 119 cm³/mol. The van der Waals surface area contributed by atoms with Gasteiger partial charge in [0.1, 0.15) is 17.0 Å². The first-order valence-electron chi connectivity index (χ1n) is 10.1. The molecule has 2 aliphatic heterocycles. The van der Waals surface area contributed by atoms with Crippen LogP contribution in [-0.4, -0.2) is 41.5 Å². The van der Waals surface area contributed by atoms with Gasteiger partial charge in [0, 0.05) is 41.6 Å². The Kier molecular flexibility index (Phi) is 5.75. The maximum Gasteiger partial charge on any atom is 0.416 e. The summed E-state index contributed by atoms with van der Waals surface area (Å²) >= 11 is 1.15. The molecule has 1 aromatic heterocycles. The van der Waals surface area contributed by atoms with E-state index in [9.17, 15) is 4.79 Å². The van der Waals surface area contributed by atoms with Crippen molar-refractivity contribution in [2.45, 2.75) is 12.1 Å². The number of nitrogens with zero attached hydrogens (tertiary/aromatic N) is 3. The van der Waals surface area contributed by atoms with Crippen LogP contribution in [0.4, 0.5) is 14.9 Å². The Hall–Kier alpha value is -3.41. The molecule has 0 radical (unpaired) electrons. The van der Waals surface area contributed by atoms with Gasteiger partial charge in [-0.15, -0.1) is 5.10 Å².